The summed E-state index contributed by atoms with van der Waals surface area (Å²) in [7, 11) is 0. The highest BCUT2D eigenvalue weighted by molar-refractivity contribution is 5.62. The first kappa shape index (κ1) is 12.3. The van der Waals surface area contributed by atoms with Crippen LogP contribution in [0.1, 0.15) is 0 Å². The summed E-state index contributed by atoms with van der Waals surface area (Å²) in [6, 6.07) is 0. The fourth-order valence-electron chi connectivity index (χ4n) is 1.85. The average molecular weight is 246 g/mol. The molecular formula is C10H14O7. The minimum Gasteiger partial charge on any atom is -0.430 e. The normalized spacial score (nSPS) is 41.1. The van der Waals surface area contributed by atoms with Gasteiger partial charge >= 0.3 is 6.16 Å². The molecule has 2 aliphatic heterocycles. The van der Waals surface area contributed by atoms with Gasteiger partial charge in [0, 0.05) is 0 Å². The van der Waals surface area contributed by atoms with Crippen LogP contribution >= 0.6 is 0 Å². The third-order valence-electron chi connectivity index (χ3n) is 2.64. The van der Waals surface area contributed by atoms with Crippen molar-refractivity contribution in [3.63, 3.8) is 0 Å². The molecule has 0 aromatic rings. The van der Waals surface area contributed by atoms with Crippen LogP contribution in [0.5, 0.6) is 0 Å². The smallest absolute Gasteiger partial charge is 0.430 e. The molecule has 0 aliphatic carbocycles. The predicted octanol–water partition coefficient (Wildman–Crippen LogP) is -0.829. The minimum absolute atomic E-state index is 0.0108. The van der Waals surface area contributed by atoms with E-state index in [1.807, 2.05) is 0 Å². The Morgan fingerprint density at radius 1 is 1.53 bits per heavy atom. The SMILES string of the molecule is C=CCO[C@H]1[C@@H](O)[C@@H](O)O[C@@H]1[C@H]1COC(=O)O1. The number of hydrogen-bond donors (Lipinski definition) is 2. The summed E-state index contributed by atoms with van der Waals surface area (Å²) in [5, 5.41) is 19.1. The van der Waals surface area contributed by atoms with Crippen LogP contribution in [-0.2, 0) is 18.9 Å². The van der Waals surface area contributed by atoms with Crippen molar-refractivity contribution < 1.29 is 34.0 Å². The van der Waals surface area contributed by atoms with Gasteiger partial charge in [0.25, 0.3) is 0 Å². The third kappa shape index (κ3) is 2.42. The lowest BCUT2D eigenvalue weighted by Gasteiger charge is -2.22. The molecule has 5 atom stereocenters. The topological polar surface area (TPSA) is 94.5 Å². The highest BCUT2D eigenvalue weighted by atomic mass is 16.8. The number of carbonyl (C=O) groups is 1. The lowest BCUT2D eigenvalue weighted by Crippen LogP contribution is -2.42. The largest absolute Gasteiger partial charge is 0.508 e. The highest BCUT2D eigenvalue weighted by Crippen LogP contribution is 2.28. The lowest BCUT2D eigenvalue weighted by molar-refractivity contribution is -0.142. The molecule has 2 N–H and O–H groups in total. The second-order valence-corrected chi connectivity index (χ2v) is 3.79. The van der Waals surface area contributed by atoms with Gasteiger partial charge in [0.15, 0.2) is 12.4 Å². The Balaban J connectivity index is 2.03. The number of aliphatic hydroxyl groups is 2. The van der Waals surface area contributed by atoms with E-state index in [0.29, 0.717) is 0 Å². The zero-order valence-corrected chi connectivity index (χ0v) is 9.02. The molecule has 0 radical (unpaired) electrons. The van der Waals surface area contributed by atoms with Crippen LogP contribution in [-0.4, -0.2) is 60.3 Å². The van der Waals surface area contributed by atoms with Crippen LogP contribution in [0.25, 0.3) is 0 Å². The van der Waals surface area contributed by atoms with Crippen molar-refractivity contribution in [1.82, 2.24) is 0 Å². The van der Waals surface area contributed by atoms with E-state index in [4.69, 9.17) is 14.2 Å². The van der Waals surface area contributed by atoms with E-state index in [9.17, 15) is 15.0 Å². The molecule has 0 aromatic carbocycles. The molecule has 0 spiro atoms. The van der Waals surface area contributed by atoms with Gasteiger partial charge in [-0.15, -0.1) is 6.58 Å². The number of rotatable bonds is 4. The van der Waals surface area contributed by atoms with Gasteiger partial charge in [-0.05, 0) is 0 Å². The van der Waals surface area contributed by atoms with Gasteiger partial charge in [-0.2, -0.15) is 0 Å². The average Bonchev–Trinajstić information content (AvgIpc) is 2.83. The molecule has 17 heavy (non-hydrogen) atoms. The van der Waals surface area contributed by atoms with Gasteiger partial charge < -0.3 is 29.2 Å². The fourth-order valence-corrected chi connectivity index (χ4v) is 1.85. The molecule has 2 aliphatic rings. The molecule has 0 saturated carbocycles. The summed E-state index contributed by atoms with van der Waals surface area (Å²) in [5.41, 5.74) is 0. The molecule has 0 amide bonds. The molecule has 2 fully saturated rings. The Morgan fingerprint density at radius 3 is 2.88 bits per heavy atom. The van der Waals surface area contributed by atoms with Gasteiger partial charge in [0.1, 0.15) is 24.9 Å². The number of aliphatic hydroxyl groups excluding tert-OH is 2. The monoisotopic (exact) mass is 246 g/mol. The second kappa shape index (κ2) is 5.01. The minimum atomic E-state index is -1.37. The standard InChI is InChI=1S/C10H14O7/c1-2-3-14-8-6(11)9(12)17-7(8)5-4-15-10(13)16-5/h2,5-9,11-12H,1,3-4H2/t5-,6-,7-,8+,9+/m1/s1. The summed E-state index contributed by atoms with van der Waals surface area (Å²) in [6.07, 6.45) is -4.09. The summed E-state index contributed by atoms with van der Waals surface area (Å²) in [5.74, 6) is 0. The summed E-state index contributed by atoms with van der Waals surface area (Å²) < 4.78 is 19.9. The lowest BCUT2D eigenvalue weighted by atomic mass is 10.1. The Labute approximate surface area is 97.5 Å². The summed E-state index contributed by atoms with van der Waals surface area (Å²) in [4.78, 5) is 10.8. The maximum absolute atomic E-state index is 10.8. The second-order valence-electron chi connectivity index (χ2n) is 3.79. The van der Waals surface area contributed by atoms with Crippen molar-refractivity contribution in [2.24, 2.45) is 0 Å². The van der Waals surface area contributed by atoms with Gasteiger partial charge in [0.05, 0.1) is 6.61 Å². The van der Waals surface area contributed by atoms with E-state index >= 15 is 0 Å². The molecular weight excluding hydrogens is 232 g/mol. The molecule has 7 nitrogen and oxygen atoms in total. The molecule has 96 valence electrons. The van der Waals surface area contributed by atoms with Crippen LogP contribution in [0.3, 0.4) is 0 Å². The maximum Gasteiger partial charge on any atom is 0.508 e. The summed E-state index contributed by atoms with van der Waals surface area (Å²) in [6.45, 7) is 3.68. The first-order valence-corrected chi connectivity index (χ1v) is 5.21. The fraction of sp³-hybridized carbons (Fsp3) is 0.700. The quantitative estimate of drug-likeness (QED) is 0.494. The highest BCUT2D eigenvalue weighted by Gasteiger charge is 2.50. The zero-order valence-electron chi connectivity index (χ0n) is 9.02. The van der Waals surface area contributed by atoms with Crippen LogP contribution in [0.4, 0.5) is 4.79 Å². The molecule has 0 aromatic heterocycles. The van der Waals surface area contributed by atoms with Crippen molar-refractivity contribution >= 4 is 6.16 Å². The van der Waals surface area contributed by atoms with Gasteiger partial charge in [-0.25, -0.2) is 4.79 Å². The molecule has 2 rings (SSSR count). The first-order valence-electron chi connectivity index (χ1n) is 5.21. The van der Waals surface area contributed by atoms with Crippen molar-refractivity contribution in [3.8, 4) is 0 Å². The summed E-state index contributed by atoms with van der Waals surface area (Å²) >= 11 is 0. The van der Waals surface area contributed by atoms with Crippen molar-refractivity contribution in [3.05, 3.63) is 12.7 Å². The molecule has 0 unspecified atom stereocenters. The van der Waals surface area contributed by atoms with E-state index in [0.717, 1.165) is 0 Å². The van der Waals surface area contributed by atoms with E-state index in [1.165, 1.54) is 6.08 Å². The van der Waals surface area contributed by atoms with Gasteiger partial charge in [0.2, 0.25) is 0 Å². The Bertz CT molecular complexity index is 305. The van der Waals surface area contributed by atoms with Crippen LogP contribution in [0.15, 0.2) is 12.7 Å². The van der Waals surface area contributed by atoms with E-state index in [-0.39, 0.29) is 13.2 Å². The number of hydrogen-bond acceptors (Lipinski definition) is 7. The molecule has 0 bridgehead atoms. The number of cyclic esters (lactones) is 2. The van der Waals surface area contributed by atoms with Crippen LogP contribution in [0.2, 0.25) is 0 Å². The van der Waals surface area contributed by atoms with E-state index in [2.05, 4.69) is 11.3 Å². The van der Waals surface area contributed by atoms with E-state index < -0.39 is 36.9 Å². The predicted molar refractivity (Wildman–Crippen MR) is 53.0 cm³/mol. The van der Waals surface area contributed by atoms with Gasteiger partial charge in [-0.1, -0.05) is 6.08 Å². The molecule has 2 heterocycles. The van der Waals surface area contributed by atoms with E-state index in [1.54, 1.807) is 0 Å². The number of ether oxygens (including phenoxy) is 4. The van der Waals surface area contributed by atoms with Crippen molar-refractivity contribution in [2.75, 3.05) is 13.2 Å². The number of carbonyl (C=O) groups excluding carboxylic acids is 1. The third-order valence-corrected chi connectivity index (χ3v) is 2.64. The Morgan fingerprint density at radius 2 is 2.29 bits per heavy atom. The molecule has 2 saturated heterocycles. The van der Waals surface area contributed by atoms with Gasteiger partial charge in [-0.3, -0.25) is 0 Å². The van der Waals surface area contributed by atoms with Crippen molar-refractivity contribution in [1.29, 1.82) is 0 Å². The first-order chi connectivity index (χ1) is 8.13. The van der Waals surface area contributed by atoms with Crippen LogP contribution < -0.4 is 0 Å². The molecule has 7 heteroatoms. The Kier molecular flexibility index (Phi) is 3.63. The Hall–Kier alpha value is -1.15. The van der Waals surface area contributed by atoms with Crippen LogP contribution in [0, 0.1) is 0 Å². The maximum atomic E-state index is 10.8. The van der Waals surface area contributed by atoms with Crippen molar-refractivity contribution in [2.45, 2.75) is 30.7 Å². The zero-order chi connectivity index (χ0) is 12.4.